The molecule has 3 rings (SSSR count). The average molecular weight is 291 g/mol. The van der Waals surface area contributed by atoms with Crippen molar-refractivity contribution in [2.24, 2.45) is 0 Å². The SMILES string of the molecule is Nc1ccc(SCC2Cc3ccccc3S2)c(F)c1. The summed E-state index contributed by atoms with van der Waals surface area (Å²) in [4.78, 5) is 2.05. The number of fused-ring (bicyclic) bond motifs is 1. The molecule has 2 N–H and O–H groups in total. The standard InChI is InChI=1S/C15H14FNS2/c16-13-8-11(17)5-6-15(13)18-9-12-7-10-3-1-2-4-14(10)19-12/h1-6,8,12H,7,9,17H2. The van der Waals surface area contributed by atoms with Gasteiger partial charge in [-0.05, 0) is 36.2 Å². The van der Waals surface area contributed by atoms with Gasteiger partial charge in [-0.2, -0.15) is 0 Å². The van der Waals surface area contributed by atoms with Gasteiger partial charge < -0.3 is 5.73 Å². The third-order valence-electron chi connectivity index (χ3n) is 3.09. The second-order valence-electron chi connectivity index (χ2n) is 4.55. The van der Waals surface area contributed by atoms with Gasteiger partial charge in [0.2, 0.25) is 0 Å². The molecule has 0 radical (unpaired) electrons. The Morgan fingerprint density at radius 1 is 1.26 bits per heavy atom. The van der Waals surface area contributed by atoms with Crippen LogP contribution in [0.25, 0.3) is 0 Å². The van der Waals surface area contributed by atoms with Crippen LogP contribution in [-0.4, -0.2) is 11.0 Å². The van der Waals surface area contributed by atoms with Crippen LogP contribution >= 0.6 is 23.5 Å². The van der Waals surface area contributed by atoms with Gasteiger partial charge in [-0.25, -0.2) is 4.39 Å². The van der Waals surface area contributed by atoms with Gasteiger partial charge >= 0.3 is 0 Å². The van der Waals surface area contributed by atoms with Gasteiger partial charge in [0, 0.05) is 26.5 Å². The molecular weight excluding hydrogens is 277 g/mol. The van der Waals surface area contributed by atoms with E-state index in [1.165, 1.54) is 16.5 Å². The Kier molecular flexibility index (Phi) is 3.71. The summed E-state index contributed by atoms with van der Waals surface area (Å²) >= 11 is 3.47. The summed E-state index contributed by atoms with van der Waals surface area (Å²) < 4.78 is 13.7. The van der Waals surface area contributed by atoms with Crippen LogP contribution in [0.2, 0.25) is 0 Å². The van der Waals surface area contributed by atoms with E-state index in [0.717, 1.165) is 12.2 Å². The summed E-state index contributed by atoms with van der Waals surface area (Å²) in [6.45, 7) is 0. The molecule has 2 aromatic carbocycles. The largest absolute Gasteiger partial charge is 0.399 e. The van der Waals surface area contributed by atoms with Crippen molar-refractivity contribution in [1.29, 1.82) is 0 Å². The van der Waals surface area contributed by atoms with Crippen molar-refractivity contribution in [1.82, 2.24) is 0 Å². The molecule has 0 spiro atoms. The molecule has 1 nitrogen and oxygen atoms in total. The third-order valence-corrected chi connectivity index (χ3v) is 5.84. The van der Waals surface area contributed by atoms with Gasteiger partial charge in [0.1, 0.15) is 5.82 Å². The van der Waals surface area contributed by atoms with Crippen molar-refractivity contribution >= 4 is 29.2 Å². The molecule has 19 heavy (non-hydrogen) atoms. The average Bonchev–Trinajstić information content (AvgIpc) is 2.80. The Balaban J connectivity index is 1.63. The van der Waals surface area contributed by atoms with E-state index in [4.69, 9.17) is 5.73 Å². The molecule has 1 aliphatic rings. The number of anilines is 1. The fraction of sp³-hybridized carbons (Fsp3) is 0.200. The molecule has 0 aromatic heterocycles. The Hall–Kier alpha value is -1.13. The maximum Gasteiger partial charge on any atom is 0.138 e. The van der Waals surface area contributed by atoms with E-state index in [1.807, 2.05) is 11.8 Å². The van der Waals surface area contributed by atoms with Crippen molar-refractivity contribution < 1.29 is 4.39 Å². The molecule has 0 bridgehead atoms. The molecule has 0 aliphatic carbocycles. The zero-order valence-corrected chi connectivity index (χ0v) is 11.9. The maximum atomic E-state index is 13.7. The monoisotopic (exact) mass is 291 g/mol. The number of nitrogen functional groups attached to an aromatic ring is 1. The van der Waals surface area contributed by atoms with Gasteiger partial charge in [-0.15, -0.1) is 23.5 Å². The highest BCUT2D eigenvalue weighted by molar-refractivity contribution is 8.03. The maximum absolute atomic E-state index is 13.7. The normalized spacial score (nSPS) is 17.4. The van der Waals surface area contributed by atoms with Gasteiger partial charge in [0.25, 0.3) is 0 Å². The first-order valence-corrected chi connectivity index (χ1v) is 8.01. The minimum Gasteiger partial charge on any atom is -0.399 e. The highest BCUT2D eigenvalue weighted by Crippen LogP contribution is 2.39. The third kappa shape index (κ3) is 2.90. The number of hydrogen-bond acceptors (Lipinski definition) is 3. The lowest BCUT2D eigenvalue weighted by Crippen LogP contribution is -2.04. The summed E-state index contributed by atoms with van der Waals surface area (Å²) in [5.74, 6) is 0.700. The quantitative estimate of drug-likeness (QED) is 0.677. The Labute approximate surface area is 120 Å². The first kappa shape index (κ1) is 12.9. The van der Waals surface area contributed by atoms with E-state index in [2.05, 4.69) is 24.3 Å². The summed E-state index contributed by atoms with van der Waals surface area (Å²) in [7, 11) is 0. The number of benzene rings is 2. The van der Waals surface area contributed by atoms with Crippen LogP contribution in [0.1, 0.15) is 5.56 Å². The molecule has 0 saturated heterocycles. The van der Waals surface area contributed by atoms with E-state index < -0.39 is 0 Å². The van der Waals surface area contributed by atoms with Crippen molar-refractivity contribution in [2.45, 2.75) is 21.5 Å². The highest BCUT2D eigenvalue weighted by atomic mass is 32.2. The number of thioether (sulfide) groups is 2. The topological polar surface area (TPSA) is 26.0 Å². The van der Waals surface area contributed by atoms with Crippen LogP contribution in [0.5, 0.6) is 0 Å². The fourth-order valence-corrected chi connectivity index (χ4v) is 4.57. The molecule has 0 saturated carbocycles. The molecule has 2 aromatic rings. The van der Waals surface area contributed by atoms with E-state index >= 15 is 0 Å². The molecular formula is C15H14FNS2. The van der Waals surface area contributed by atoms with E-state index in [0.29, 0.717) is 15.8 Å². The van der Waals surface area contributed by atoms with E-state index in [-0.39, 0.29) is 5.82 Å². The summed E-state index contributed by atoms with van der Waals surface area (Å²) in [5.41, 5.74) is 7.44. The van der Waals surface area contributed by atoms with Gasteiger partial charge in [0.15, 0.2) is 0 Å². The van der Waals surface area contributed by atoms with Gasteiger partial charge in [0.05, 0.1) is 0 Å². The predicted octanol–water partition coefficient (Wildman–Crippen LogP) is 4.22. The van der Waals surface area contributed by atoms with Crippen LogP contribution in [0.15, 0.2) is 52.3 Å². The molecule has 4 heteroatoms. The number of hydrogen-bond donors (Lipinski definition) is 1. The minimum atomic E-state index is -0.217. The van der Waals surface area contributed by atoms with Crippen LogP contribution in [0, 0.1) is 5.82 Å². The zero-order valence-electron chi connectivity index (χ0n) is 10.3. The number of halogens is 1. The van der Waals surface area contributed by atoms with Crippen molar-refractivity contribution in [3.05, 3.63) is 53.8 Å². The highest BCUT2D eigenvalue weighted by Gasteiger charge is 2.22. The Bertz CT molecular complexity index is 575. The van der Waals surface area contributed by atoms with Crippen LogP contribution < -0.4 is 5.73 Å². The number of rotatable bonds is 3. The summed E-state index contributed by atoms with van der Waals surface area (Å²) in [6.07, 6.45) is 1.07. The zero-order chi connectivity index (χ0) is 13.2. The second-order valence-corrected chi connectivity index (χ2v) is 6.96. The van der Waals surface area contributed by atoms with Crippen molar-refractivity contribution in [3.63, 3.8) is 0 Å². The molecule has 98 valence electrons. The summed E-state index contributed by atoms with van der Waals surface area (Å²) in [5, 5.41) is 0.527. The lowest BCUT2D eigenvalue weighted by Gasteiger charge is -2.08. The fourth-order valence-electron chi connectivity index (χ4n) is 2.16. The van der Waals surface area contributed by atoms with Crippen molar-refractivity contribution in [2.75, 3.05) is 11.5 Å². The first-order valence-electron chi connectivity index (χ1n) is 6.15. The molecule has 0 amide bonds. The molecule has 1 atom stereocenters. The Morgan fingerprint density at radius 2 is 2.11 bits per heavy atom. The molecule has 1 aliphatic heterocycles. The van der Waals surface area contributed by atoms with Crippen molar-refractivity contribution in [3.8, 4) is 0 Å². The van der Waals surface area contributed by atoms with E-state index in [9.17, 15) is 4.39 Å². The second kappa shape index (κ2) is 5.47. The summed E-state index contributed by atoms with van der Waals surface area (Å²) in [6, 6.07) is 13.4. The lowest BCUT2D eigenvalue weighted by atomic mass is 10.1. The smallest absolute Gasteiger partial charge is 0.138 e. The molecule has 1 unspecified atom stereocenters. The number of nitrogens with two attached hydrogens (primary N) is 1. The lowest BCUT2D eigenvalue weighted by molar-refractivity contribution is 0.602. The first-order chi connectivity index (χ1) is 9.22. The predicted molar refractivity (Wildman–Crippen MR) is 81.3 cm³/mol. The van der Waals surface area contributed by atoms with Crippen LogP contribution in [0.4, 0.5) is 10.1 Å². The molecule has 0 fully saturated rings. The minimum absolute atomic E-state index is 0.217. The van der Waals surface area contributed by atoms with Gasteiger partial charge in [-0.1, -0.05) is 18.2 Å². The van der Waals surface area contributed by atoms with Crippen LogP contribution in [-0.2, 0) is 6.42 Å². The molecule has 1 heterocycles. The van der Waals surface area contributed by atoms with E-state index in [1.54, 1.807) is 23.9 Å². The van der Waals surface area contributed by atoms with Crippen LogP contribution in [0.3, 0.4) is 0 Å². The Morgan fingerprint density at radius 3 is 2.89 bits per heavy atom. The van der Waals surface area contributed by atoms with Gasteiger partial charge in [-0.3, -0.25) is 0 Å².